The van der Waals surface area contributed by atoms with Gasteiger partial charge in [0.25, 0.3) is 0 Å². The van der Waals surface area contributed by atoms with Crippen molar-refractivity contribution < 1.29 is 17.0 Å². The van der Waals surface area contributed by atoms with E-state index in [-0.39, 0.29) is 17.0 Å². The van der Waals surface area contributed by atoms with Gasteiger partial charge in [0.05, 0.1) is 29.7 Å². The van der Waals surface area contributed by atoms with E-state index in [9.17, 15) is 0 Å². The van der Waals surface area contributed by atoms with E-state index >= 15 is 0 Å². The number of hydrogen-bond acceptors (Lipinski definition) is 0. The topological polar surface area (TPSA) is 0 Å². The smallest absolute Gasteiger partial charge is 0.0934 e. The molecule has 1 aliphatic carbocycles. The first-order chi connectivity index (χ1) is 4.33. The number of hydrogen-bond donors (Lipinski definition) is 0. The highest BCUT2D eigenvalue weighted by Crippen LogP contribution is 2.19. The third kappa shape index (κ3) is 2.61. The maximum Gasteiger partial charge on any atom is 0.0934 e. The Morgan fingerprint density at radius 3 is 2.60 bits per heavy atom. The molecule has 0 aromatic rings. The van der Waals surface area contributed by atoms with Crippen molar-refractivity contribution >= 4 is 0 Å². The van der Waals surface area contributed by atoms with Crippen LogP contribution < -0.4 is 17.0 Å². The van der Waals surface area contributed by atoms with Crippen LogP contribution in [-0.4, -0.2) is 0 Å². The van der Waals surface area contributed by atoms with Gasteiger partial charge in [-0.15, -0.1) is 0 Å². The van der Waals surface area contributed by atoms with E-state index in [0.717, 1.165) is 0 Å². The van der Waals surface area contributed by atoms with E-state index in [1.54, 1.807) is 0 Å². The van der Waals surface area contributed by atoms with Crippen LogP contribution in [0.1, 0.15) is 26.7 Å². The van der Waals surface area contributed by atoms with Crippen molar-refractivity contribution in [1.82, 2.24) is 0 Å². The van der Waals surface area contributed by atoms with Crippen LogP contribution in [0.3, 0.4) is 0 Å². The predicted octanol–water partition coefficient (Wildman–Crippen LogP) is -0.119. The highest BCUT2D eigenvalue weighted by Gasteiger charge is 2.12. The quantitative estimate of drug-likeness (QED) is 0.546. The first-order valence-electron chi connectivity index (χ1n) is 3.55. The molecule has 0 bridgehead atoms. The van der Waals surface area contributed by atoms with Gasteiger partial charge >= 0.3 is 0 Å². The molecule has 0 atom stereocenters. The normalized spacial score (nSPS) is 15.0. The Balaban J connectivity index is 0.000000810. The van der Waals surface area contributed by atoms with Gasteiger partial charge in [-0.3, -0.25) is 0 Å². The summed E-state index contributed by atoms with van der Waals surface area (Å²) in [6.45, 7) is 4.35. The van der Waals surface area contributed by atoms with Crippen LogP contribution in [0, 0.1) is 5.92 Å². The Morgan fingerprint density at radius 2 is 2.20 bits per heavy atom. The molecule has 0 radical (unpaired) electrons. The van der Waals surface area contributed by atoms with Crippen molar-refractivity contribution in [1.29, 1.82) is 0 Å². The fourth-order valence-corrected chi connectivity index (χ4v) is 1.07. The number of halogens is 1. The van der Waals surface area contributed by atoms with Gasteiger partial charge in [0, 0.05) is 13.3 Å². The Morgan fingerprint density at radius 1 is 1.50 bits per heavy atom. The SMILES string of the molecule is CCCC1=C[C+](C)C=C1.[Br-]. The lowest BCUT2D eigenvalue weighted by atomic mass is 10.1. The second kappa shape index (κ2) is 4.62. The van der Waals surface area contributed by atoms with Crippen LogP contribution in [0.2, 0.25) is 0 Å². The lowest BCUT2D eigenvalue weighted by molar-refractivity contribution is -0.00000200. The molecule has 1 aliphatic rings. The van der Waals surface area contributed by atoms with Crippen molar-refractivity contribution in [3.05, 3.63) is 29.7 Å². The predicted molar refractivity (Wildman–Crippen MR) is 41.0 cm³/mol. The molecule has 1 rings (SSSR count). The third-order valence-corrected chi connectivity index (χ3v) is 1.51. The summed E-state index contributed by atoms with van der Waals surface area (Å²) in [5.74, 6) is 1.39. The van der Waals surface area contributed by atoms with Crippen molar-refractivity contribution in [3.8, 4) is 0 Å². The molecule has 0 heterocycles. The summed E-state index contributed by atoms with van der Waals surface area (Å²) in [7, 11) is 0. The lowest BCUT2D eigenvalue weighted by Gasteiger charge is -1.83. The molecule has 0 unspecified atom stereocenters. The standard InChI is InChI=1S/C9H13.BrH/c1-3-4-9-6-5-8(2)7-9;/h5-7H,3-4H2,1-2H3;1H/q+1;/p-1. The summed E-state index contributed by atoms with van der Waals surface area (Å²) in [6, 6.07) is 0. The molecule has 0 N–H and O–H groups in total. The molecule has 0 amide bonds. The van der Waals surface area contributed by atoms with Gasteiger partial charge in [0.15, 0.2) is 0 Å². The first-order valence-corrected chi connectivity index (χ1v) is 3.55. The molecule has 0 aliphatic heterocycles. The molecular weight excluding hydrogens is 188 g/mol. The summed E-state index contributed by atoms with van der Waals surface area (Å²) in [6.07, 6.45) is 9.12. The van der Waals surface area contributed by atoms with Crippen LogP contribution in [0.5, 0.6) is 0 Å². The van der Waals surface area contributed by atoms with Crippen LogP contribution in [0.15, 0.2) is 23.8 Å². The van der Waals surface area contributed by atoms with Crippen LogP contribution in [0.4, 0.5) is 0 Å². The minimum absolute atomic E-state index is 0. The maximum atomic E-state index is 2.25. The molecule has 0 nitrogen and oxygen atoms in total. The molecule has 1 heteroatoms. The van der Waals surface area contributed by atoms with Gasteiger partial charge in [-0.1, -0.05) is 6.92 Å². The Hall–Kier alpha value is -0.170. The van der Waals surface area contributed by atoms with E-state index < -0.39 is 0 Å². The second-order valence-corrected chi connectivity index (χ2v) is 2.55. The van der Waals surface area contributed by atoms with Crippen LogP contribution >= 0.6 is 0 Å². The highest BCUT2D eigenvalue weighted by atomic mass is 79.9. The molecule has 0 fully saturated rings. The van der Waals surface area contributed by atoms with Crippen molar-refractivity contribution in [2.24, 2.45) is 0 Å². The van der Waals surface area contributed by atoms with Crippen molar-refractivity contribution in [2.75, 3.05) is 0 Å². The van der Waals surface area contributed by atoms with Crippen LogP contribution in [-0.2, 0) is 0 Å². The maximum absolute atomic E-state index is 2.25. The van der Waals surface area contributed by atoms with E-state index in [1.165, 1.54) is 24.3 Å². The molecule has 56 valence electrons. The summed E-state index contributed by atoms with van der Waals surface area (Å²) in [5.41, 5.74) is 1.48. The minimum atomic E-state index is 0. The summed E-state index contributed by atoms with van der Waals surface area (Å²) in [5, 5.41) is 0. The van der Waals surface area contributed by atoms with Crippen molar-refractivity contribution in [2.45, 2.75) is 26.7 Å². The van der Waals surface area contributed by atoms with Gasteiger partial charge in [-0.25, -0.2) is 0 Å². The van der Waals surface area contributed by atoms with Gasteiger partial charge < -0.3 is 17.0 Å². The second-order valence-electron chi connectivity index (χ2n) is 2.55. The van der Waals surface area contributed by atoms with E-state index in [0.29, 0.717) is 0 Å². The Kier molecular flexibility index (Phi) is 4.54. The zero-order chi connectivity index (χ0) is 6.69. The van der Waals surface area contributed by atoms with Gasteiger partial charge in [0.2, 0.25) is 0 Å². The zero-order valence-corrected chi connectivity index (χ0v) is 8.11. The van der Waals surface area contributed by atoms with Gasteiger partial charge in [0.1, 0.15) is 0 Å². The average molecular weight is 201 g/mol. The molecule has 0 saturated carbocycles. The molecular formula is C9H13Br. The molecule has 0 aromatic carbocycles. The zero-order valence-electron chi connectivity index (χ0n) is 6.52. The van der Waals surface area contributed by atoms with Crippen LogP contribution in [0.25, 0.3) is 0 Å². The van der Waals surface area contributed by atoms with E-state index in [4.69, 9.17) is 0 Å². The molecule has 10 heavy (non-hydrogen) atoms. The summed E-state index contributed by atoms with van der Waals surface area (Å²) >= 11 is 0. The Bertz CT molecular complexity index is 145. The fraction of sp³-hybridized carbons (Fsp3) is 0.444. The van der Waals surface area contributed by atoms with Gasteiger partial charge in [-0.2, -0.15) is 0 Å². The number of allylic oxidation sites excluding steroid dienone is 4. The number of rotatable bonds is 2. The largest absolute Gasteiger partial charge is 1.00 e. The molecule has 0 aromatic heterocycles. The Labute approximate surface area is 73.8 Å². The molecule has 0 spiro atoms. The monoisotopic (exact) mass is 200 g/mol. The van der Waals surface area contributed by atoms with E-state index in [2.05, 4.69) is 32.1 Å². The van der Waals surface area contributed by atoms with Gasteiger partial charge in [-0.05, 0) is 6.42 Å². The third-order valence-electron chi connectivity index (χ3n) is 1.51. The summed E-state index contributed by atoms with van der Waals surface area (Å²) in [4.78, 5) is 0. The first kappa shape index (κ1) is 9.83. The van der Waals surface area contributed by atoms with E-state index in [1.807, 2.05) is 0 Å². The fourth-order valence-electron chi connectivity index (χ4n) is 1.07. The van der Waals surface area contributed by atoms with Crippen molar-refractivity contribution in [3.63, 3.8) is 0 Å². The molecule has 0 saturated heterocycles. The highest BCUT2D eigenvalue weighted by molar-refractivity contribution is 5.39. The lowest BCUT2D eigenvalue weighted by Crippen LogP contribution is -3.00. The average Bonchev–Trinajstić information content (AvgIpc) is 2.17. The summed E-state index contributed by atoms with van der Waals surface area (Å²) < 4.78 is 0. The minimum Gasteiger partial charge on any atom is -1.00 e.